The van der Waals surface area contributed by atoms with Gasteiger partial charge in [0.05, 0.1) is 6.54 Å². The van der Waals surface area contributed by atoms with Crippen LogP contribution >= 0.6 is 0 Å². The third-order valence-corrected chi connectivity index (χ3v) is 4.76. The number of hydrogen-bond donors (Lipinski definition) is 1. The fraction of sp³-hybridized carbons (Fsp3) is 0.600. The molecule has 0 aromatic heterocycles. The van der Waals surface area contributed by atoms with E-state index < -0.39 is 0 Å². The lowest BCUT2D eigenvalue weighted by atomic mass is 9.94. The lowest BCUT2D eigenvalue weighted by Crippen LogP contribution is -2.42. The highest BCUT2D eigenvalue weighted by Gasteiger charge is 2.28. The van der Waals surface area contributed by atoms with E-state index in [-0.39, 0.29) is 17.2 Å². The quantitative estimate of drug-likeness (QED) is 0.916. The van der Waals surface area contributed by atoms with E-state index in [1.54, 1.807) is 0 Å². The van der Waals surface area contributed by atoms with Crippen molar-refractivity contribution in [3.05, 3.63) is 29.3 Å². The minimum atomic E-state index is -0.352. The number of aryl methyl sites for hydroxylation is 1. The molecule has 1 heterocycles. The molecule has 1 aromatic carbocycles. The number of nitrogens with zero attached hydrogens (tertiary/aromatic N) is 2. The molecule has 1 fully saturated rings. The predicted molar refractivity (Wildman–Crippen MR) is 102 cm³/mol. The summed E-state index contributed by atoms with van der Waals surface area (Å²) in [6, 6.07) is 5.94. The van der Waals surface area contributed by atoms with Gasteiger partial charge in [-0.2, -0.15) is 0 Å². The summed E-state index contributed by atoms with van der Waals surface area (Å²) in [4.78, 5) is 28.9. The highest BCUT2D eigenvalue weighted by molar-refractivity contribution is 5.93. The minimum absolute atomic E-state index is 0.00398. The lowest BCUT2D eigenvalue weighted by Gasteiger charge is -2.28. The number of carbonyl (C=O) groups excluding carboxylic acids is 2. The van der Waals surface area contributed by atoms with Crippen molar-refractivity contribution in [3.63, 3.8) is 0 Å². The zero-order valence-corrected chi connectivity index (χ0v) is 16.2. The summed E-state index contributed by atoms with van der Waals surface area (Å²) in [6.45, 7) is 13.3. The van der Waals surface area contributed by atoms with Gasteiger partial charge in [-0.3, -0.25) is 14.5 Å². The molecule has 0 atom stereocenters. The molecule has 0 saturated carbocycles. The van der Waals surface area contributed by atoms with Gasteiger partial charge in [-0.1, -0.05) is 32.9 Å². The number of anilines is 1. The summed E-state index contributed by atoms with van der Waals surface area (Å²) in [7, 11) is 0. The van der Waals surface area contributed by atoms with Crippen molar-refractivity contribution in [1.29, 1.82) is 0 Å². The van der Waals surface area contributed by atoms with Crippen LogP contribution in [0.4, 0.5) is 5.69 Å². The molecule has 2 amide bonds. The summed E-state index contributed by atoms with van der Waals surface area (Å²) in [5.74, 6) is 0.193. The van der Waals surface area contributed by atoms with Crippen molar-refractivity contribution < 1.29 is 9.59 Å². The van der Waals surface area contributed by atoms with E-state index in [1.165, 1.54) is 5.56 Å². The van der Waals surface area contributed by atoms with Gasteiger partial charge in [0.15, 0.2) is 0 Å². The number of amides is 2. The van der Waals surface area contributed by atoms with Gasteiger partial charge in [-0.05, 0) is 37.5 Å². The van der Waals surface area contributed by atoms with Gasteiger partial charge in [0.2, 0.25) is 11.8 Å². The fourth-order valence-electron chi connectivity index (χ4n) is 3.09. The Morgan fingerprint density at radius 2 is 1.80 bits per heavy atom. The first-order valence-corrected chi connectivity index (χ1v) is 9.06. The standard InChI is InChI=1S/C20H31N3O2/c1-15-8-6-9-17(16(15)2)21-18(24)14-22-10-7-11-23(13-12-22)19(25)20(3,4)5/h6,8-9H,7,10-14H2,1-5H3,(H,21,24). The van der Waals surface area contributed by atoms with Crippen LogP contribution in [0.5, 0.6) is 0 Å². The number of benzene rings is 1. The first-order valence-electron chi connectivity index (χ1n) is 9.06. The van der Waals surface area contributed by atoms with Crippen LogP contribution in [-0.4, -0.2) is 54.3 Å². The molecule has 2 rings (SSSR count). The Morgan fingerprint density at radius 3 is 2.48 bits per heavy atom. The average Bonchev–Trinajstić information content (AvgIpc) is 2.75. The van der Waals surface area contributed by atoms with E-state index in [2.05, 4.69) is 10.2 Å². The molecule has 1 aliphatic rings. The Morgan fingerprint density at radius 1 is 1.08 bits per heavy atom. The second kappa shape index (κ2) is 8.00. The maximum absolute atomic E-state index is 12.4. The zero-order chi connectivity index (χ0) is 18.6. The monoisotopic (exact) mass is 345 g/mol. The molecule has 1 saturated heterocycles. The Hall–Kier alpha value is -1.88. The van der Waals surface area contributed by atoms with Crippen molar-refractivity contribution in [2.75, 3.05) is 38.0 Å². The summed E-state index contributed by atoms with van der Waals surface area (Å²) in [5, 5.41) is 3.02. The van der Waals surface area contributed by atoms with Crippen LogP contribution < -0.4 is 5.32 Å². The molecule has 0 bridgehead atoms. The van der Waals surface area contributed by atoms with Crippen LogP contribution in [0.3, 0.4) is 0 Å². The Kier molecular flexibility index (Phi) is 6.22. The Balaban J connectivity index is 1.90. The molecular formula is C20H31N3O2. The second-order valence-electron chi connectivity index (χ2n) is 7.97. The van der Waals surface area contributed by atoms with Crippen LogP contribution in [0.2, 0.25) is 0 Å². The first-order chi connectivity index (χ1) is 11.7. The normalized spacial score (nSPS) is 16.4. The van der Waals surface area contributed by atoms with E-state index in [4.69, 9.17) is 0 Å². The molecule has 1 aromatic rings. The summed E-state index contributed by atoms with van der Waals surface area (Å²) in [6.07, 6.45) is 0.901. The van der Waals surface area contributed by atoms with Gasteiger partial charge in [-0.15, -0.1) is 0 Å². The molecule has 0 aliphatic carbocycles. The molecule has 1 aliphatic heterocycles. The van der Waals surface area contributed by atoms with Crippen LogP contribution in [0.15, 0.2) is 18.2 Å². The summed E-state index contributed by atoms with van der Waals surface area (Å²) < 4.78 is 0. The highest BCUT2D eigenvalue weighted by Crippen LogP contribution is 2.19. The lowest BCUT2D eigenvalue weighted by molar-refractivity contribution is -0.139. The molecule has 138 valence electrons. The summed E-state index contributed by atoms with van der Waals surface area (Å²) in [5.41, 5.74) is 2.80. The molecule has 5 nitrogen and oxygen atoms in total. The Bertz CT molecular complexity index is 634. The van der Waals surface area contributed by atoms with Crippen molar-refractivity contribution >= 4 is 17.5 Å². The zero-order valence-electron chi connectivity index (χ0n) is 16.2. The molecule has 1 N–H and O–H groups in total. The first kappa shape index (κ1) is 19.4. The molecule has 0 radical (unpaired) electrons. The smallest absolute Gasteiger partial charge is 0.238 e. The van der Waals surface area contributed by atoms with Crippen LogP contribution in [0.1, 0.15) is 38.3 Å². The number of carbonyl (C=O) groups is 2. The van der Waals surface area contributed by atoms with Crippen molar-refractivity contribution in [2.45, 2.75) is 41.0 Å². The van der Waals surface area contributed by atoms with E-state index >= 15 is 0 Å². The second-order valence-corrected chi connectivity index (χ2v) is 7.97. The van der Waals surface area contributed by atoms with Crippen molar-refractivity contribution in [3.8, 4) is 0 Å². The molecule has 0 unspecified atom stereocenters. The third kappa shape index (κ3) is 5.30. The number of nitrogens with one attached hydrogen (secondary N) is 1. The summed E-state index contributed by atoms with van der Waals surface area (Å²) >= 11 is 0. The number of hydrogen-bond acceptors (Lipinski definition) is 3. The number of rotatable bonds is 3. The largest absolute Gasteiger partial charge is 0.341 e. The predicted octanol–water partition coefficient (Wildman–Crippen LogP) is 2.82. The average molecular weight is 345 g/mol. The SMILES string of the molecule is Cc1cccc(NC(=O)CN2CCCN(C(=O)C(C)(C)C)CC2)c1C. The highest BCUT2D eigenvalue weighted by atomic mass is 16.2. The van der Waals surface area contributed by atoms with E-state index in [9.17, 15) is 9.59 Å². The molecule has 5 heteroatoms. The van der Waals surface area contributed by atoms with Gasteiger partial charge in [0.1, 0.15) is 0 Å². The van der Waals surface area contributed by atoms with Crippen LogP contribution in [-0.2, 0) is 9.59 Å². The van der Waals surface area contributed by atoms with Gasteiger partial charge >= 0.3 is 0 Å². The maximum atomic E-state index is 12.4. The van der Waals surface area contributed by atoms with Gasteiger partial charge < -0.3 is 10.2 Å². The topological polar surface area (TPSA) is 52.7 Å². The van der Waals surface area contributed by atoms with E-state index in [0.717, 1.165) is 37.3 Å². The van der Waals surface area contributed by atoms with Gasteiger partial charge in [0, 0.05) is 37.3 Å². The van der Waals surface area contributed by atoms with Crippen LogP contribution in [0, 0.1) is 19.3 Å². The maximum Gasteiger partial charge on any atom is 0.238 e. The van der Waals surface area contributed by atoms with E-state index in [1.807, 2.05) is 57.7 Å². The molecule has 25 heavy (non-hydrogen) atoms. The third-order valence-electron chi connectivity index (χ3n) is 4.76. The van der Waals surface area contributed by atoms with E-state index in [0.29, 0.717) is 13.1 Å². The van der Waals surface area contributed by atoms with Crippen molar-refractivity contribution in [1.82, 2.24) is 9.80 Å². The van der Waals surface area contributed by atoms with Crippen molar-refractivity contribution in [2.24, 2.45) is 5.41 Å². The minimum Gasteiger partial charge on any atom is -0.341 e. The molecule has 0 spiro atoms. The van der Waals surface area contributed by atoms with Crippen LogP contribution in [0.25, 0.3) is 0 Å². The Labute approximate surface area is 151 Å². The van der Waals surface area contributed by atoms with Gasteiger partial charge in [-0.25, -0.2) is 0 Å². The van der Waals surface area contributed by atoms with Gasteiger partial charge in [0.25, 0.3) is 0 Å². The molecular weight excluding hydrogens is 314 g/mol. The fourth-order valence-corrected chi connectivity index (χ4v) is 3.09.